The Hall–Kier alpha value is -1.30. The molecule has 2 saturated heterocycles. The fourth-order valence-corrected chi connectivity index (χ4v) is 3.63. The number of carboxylic acids is 1. The van der Waals surface area contributed by atoms with Crippen LogP contribution in [0.5, 0.6) is 0 Å². The Balaban J connectivity index is 2.01. The van der Waals surface area contributed by atoms with E-state index in [9.17, 15) is 14.7 Å². The van der Waals surface area contributed by atoms with Gasteiger partial charge in [-0.2, -0.15) is 0 Å². The number of carboxylic acid groups (broad SMARTS) is 1. The molecule has 0 aromatic heterocycles. The number of carbonyl (C=O) groups excluding carboxylic acids is 1. The number of aliphatic carboxylic acids is 1. The summed E-state index contributed by atoms with van der Waals surface area (Å²) in [5.41, 5.74) is -0.748. The smallest absolute Gasteiger partial charge is 0.320 e. The summed E-state index contributed by atoms with van der Waals surface area (Å²) in [4.78, 5) is 29.9. The summed E-state index contributed by atoms with van der Waals surface area (Å²) in [7, 11) is 4.08. The van der Waals surface area contributed by atoms with Gasteiger partial charge in [-0.25, -0.2) is 4.79 Å². The van der Waals surface area contributed by atoms with E-state index in [1.165, 1.54) is 0 Å². The first-order valence-electron chi connectivity index (χ1n) is 7.74. The monoisotopic (exact) mass is 297 g/mol. The van der Waals surface area contributed by atoms with Crippen LogP contribution in [0.1, 0.15) is 26.7 Å². The van der Waals surface area contributed by atoms with Crippen molar-refractivity contribution in [2.45, 2.75) is 32.7 Å². The molecule has 0 aliphatic carbocycles. The Morgan fingerprint density at radius 2 is 1.95 bits per heavy atom. The highest BCUT2D eigenvalue weighted by atomic mass is 16.4. The fourth-order valence-electron chi connectivity index (χ4n) is 3.63. The van der Waals surface area contributed by atoms with Gasteiger partial charge >= 0.3 is 12.0 Å². The molecule has 2 amide bonds. The van der Waals surface area contributed by atoms with Crippen LogP contribution in [0, 0.1) is 11.3 Å². The minimum atomic E-state index is -0.777. The molecule has 3 atom stereocenters. The molecule has 6 heteroatoms. The van der Waals surface area contributed by atoms with E-state index in [1.54, 1.807) is 4.90 Å². The summed E-state index contributed by atoms with van der Waals surface area (Å²) in [5.74, 6) is -0.330. The van der Waals surface area contributed by atoms with E-state index in [-0.39, 0.29) is 6.03 Å². The van der Waals surface area contributed by atoms with Crippen molar-refractivity contribution in [1.29, 1.82) is 0 Å². The maximum absolute atomic E-state index is 12.6. The van der Waals surface area contributed by atoms with Crippen LogP contribution < -0.4 is 0 Å². The standard InChI is InChI=1S/C15H27N3O3/c1-5-15(13(19)20)6-7-17(10-15)14(21)18-8-11(2)12(9-18)16(3)4/h11-12H,5-10H2,1-4H3,(H,19,20). The van der Waals surface area contributed by atoms with Crippen LogP contribution in [0.25, 0.3) is 0 Å². The summed E-state index contributed by atoms with van der Waals surface area (Å²) >= 11 is 0. The predicted octanol–water partition coefficient (Wildman–Crippen LogP) is 1.18. The maximum Gasteiger partial charge on any atom is 0.320 e. The van der Waals surface area contributed by atoms with Crippen molar-refractivity contribution in [3.63, 3.8) is 0 Å². The highest BCUT2D eigenvalue weighted by Gasteiger charge is 2.46. The van der Waals surface area contributed by atoms with Gasteiger partial charge in [0.25, 0.3) is 0 Å². The third-order valence-electron chi connectivity index (χ3n) is 5.26. The van der Waals surface area contributed by atoms with Crippen LogP contribution >= 0.6 is 0 Å². The minimum Gasteiger partial charge on any atom is -0.481 e. The highest BCUT2D eigenvalue weighted by Crippen LogP contribution is 2.35. The first kappa shape index (κ1) is 16.1. The van der Waals surface area contributed by atoms with Crippen LogP contribution in [0.15, 0.2) is 0 Å². The second kappa shape index (κ2) is 5.83. The van der Waals surface area contributed by atoms with Crippen molar-refractivity contribution >= 4 is 12.0 Å². The molecule has 0 aromatic carbocycles. The number of hydrogen-bond acceptors (Lipinski definition) is 3. The van der Waals surface area contributed by atoms with E-state index >= 15 is 0 Å². The van der Waals surface area contributed by atoms with Crippen molar-refractivity contribution in [2.24, 2.45) is 11.3 Å². The molecule has 2 rings (SSSR count). The molecule has 6 nitrogen and oxygen atoms in total. The van der Waals surface area contributed by atoms with Gasteiger partial charge in [0.2, 0.25) is 0 Å². The summed E-state index contributed by atoms with van der Waals surface area (Å²) in [6.45, 7) is 6.43. The van der Waals surface area contributed by atoms with Gasteiger partial charge in [0.05, 0.1) is 5.41 Å². The van der Waals surface area contributed by atoms with Gasteiger partial charge in [0.15, 0.2) is 0 Å². The molecule has 0 spiro atoms. The molecular weight excluding hydrogens is 270 g/mol. The van der Waals surface area contributed by atoms with E-state index in [2.05, 4.69) is 11.8 Å². The van der Waals surface area contributed by atoms with Crippen molar-refractivity contribution in [1.82, 2.24) is 14.7 Å². The molecule has 1 N–H and O–H groups in total. The van der Waals surface area contributed by atoms with Crippen LogP contribution in [-0.2, 0) is 4.79 Å². The Bertz CT molecular complexity index is 426. The molecule has 0 radical (unpaired) electrons. The molecule has 120 valence electrons. The Morgan fingerprint density at radius 3 is 2.38 bits per heavy atom. The largest absolute Gasteiger partial charge is 0.481 e. The molecule has 21 heavy (non-hydrogen) atoms. The molecule has 0 bridgehead atoms. The van der Waals surface area contributed by atoms with Crippen molar-refractivity contribution in [3.8, 4) is 0 Å². The number of likely N-dealkylation sites (tertiary alicyclic amines) is 2. The second-order valence-corrected chi connectivity index (χ2v) is 6.81. The Kier molecular flexibility index (Phi) is 4.46. The minimum absolute atomic E-state index is 0.00257. The molecular formula is C15H27N3O3. The van der Waals surface area contributed by atoms with Gasteiger partial charge in [-0.05, 0) is 32.9 Å². The van der Waals surface area contributed by atoms with Crippen molar-refractivity contribution < 1.29 is 14.7 Å². The fraction of sp³-hybridized carbons (Fsp3) is 0.867. The lowest BCUT2D eigenvalue weighted by molar-refractivity contribution is -0.148. The third-order valence-corrected chi connectivity index (χ3v) is 5.26. The Labute approximate surface area is 126 Å². The highest BCUT2D eigenvalue weighted by molar-refractivity contribution is 5.80. The van der Waals surface area contributed by atoms with Gasteiger partial charge in [-0.3, -0.25) is 4.79 Å². The predicted molar refractivity (Wildman–Crippen MR) is 80.2 cm³/mol. The SMILES string of the molecule is CCC1(C(=O)O)CCN(C(=O)N2CC(C)C(N(C)C)C2)C1. The zero-order valence-electron chi connectivity index (χ0n) is 13.5. The van der Waals surface area contributed by atoms with E-state index in [0.717, 1.165) is 13.1 Å². The number of likely N-dealkylation sites (N-methyl/N-ethyl adjacent to an activating group) is 1. The first-order chi connectivity index (χ1) is 9.80. The van der Waals surface area contributed by atoms with Gasteiger partial charge in [0.1, 0.15) is 0 Å². The number of hydrogen-bond donors (Lipinski definition) is 1. The summed E-state index contributed by atoms with van der Waals surface area (Å²) < 4.78 is 0. The molecule has 2 fully saturated rings. The van der Waals surface area contributed by atoms with Crippen LogP contribution in [0.3, 0.4) is 0 Å². The maximum atomic E-state index is 12.6. The topological polar surface area (TPSA) is 64.1 Å². The van der Waals surface area contributed by atoms with E-state index in [0.29, 0.717) is 37.9 Å². The summed E-state index contributed by atoms with van der Waals surface area (Å²) in [5, 5.41) is 9.43. The summed E-state index contributed by atoms with van der Waals surface area (Å²) in [6, 6.07) is 0.384. The molecule has 2 aliphatic rings. The van der Waals surface area contributed by atoms with Gasteiger partial charge in [-0.1, -0.05) is 13.8 Å². The first-order valence-corrected chi connectivity index (χ1v) is 7.74. The third kappa shape index (κ3) is 2.86. The van der Waals surface area contributed by atoms with E-state index in [1.807, 2.05) is 25.9 Å². The normalized spacial score (nSPS) is 33.0. The average Bonchev–Trinajstić information content (AvgIpc) is 3.02. The van der Waals surface area contributed by atoms with Crippen molar-refractivity contribution in [3.05, 3.63) is 0 Å². The lowest BCUT2D eigenvalue weighted by atomic mass is 9.84. The molecule has 0 saturated carbocycles. The van der Waals surface area contributed by atoms with Gasteiger partial charge in [0, 0.05) is 32.2 Å². The molecule has 2 heterocycles. The number of carbonyl (C=O) groups is 2. The van der Waals surface area contributed by atoms with Crippen LogP contribution in [-0.4, -0.2) is 78.1 Å². The zero-order valence-corrected chi connectivity index (χ0v) is 13.5. The lowest BCUT2D eigenvalue weighted by Crippen LogP contribution is -2.44. The molecule has 3 unspecified atom stereocenters. The number of urea groups is 1. The Morgan fingerprint density at radius 1 is 1.29 bits per heavy atom. The number of amides is 2. The second-order valence-electron chi connectivity index (χ2n) is 6.81. The quantitative estimate of drug-likeness (QED) is 0.849. The molecule has 2 aliphatic heterocycles. The lowest BCUT2D eigenvalue weighted by Gasteiger charge is -2.27. The van der Waals surface area contributed by atoms with Crippen LogP contribution in [0.2, 0.25) is 0 Å². The summed E-state index contributed by atoms with van der Waals surface area (Å²) in [6.07, 6.45) is 1.13. The van der Waals surface area contributed by atoms with Gasteiger partial charge < -0.3 is 19.8 Å². The number of nitrogens with zero attached hydrogens (tertiary/aromatic N) is 3. The van der Waals surface area contributed by atoms with Crippen LogP contribution in [0.4, 0.5) is 4.79 Å². The molecule has 0 aromatic rings. The van der Waals surface area contributed by atoms with E-state index in [4.69, 9.17) is 0 Å². The van der Waals surface area contributed by atoms with Gasteiger partial charge in [-0.15, -0.1) is 0 Å². The zero-order chi connectivity index (χ0) is 15.8. The van der Waals surface area contributed by atoms with E-state index < -0.39 is 11.4 Å². The average molecular weight is 297 g/mol. The van der Waals surface area contributed by atoms with Crippen molar-refractivity contribution in [2.75, 3.05) is 40.3 Å². The number of rotatable bonds is 3.